The molecule has 0 amide bonds. The van der Waals surface area contributed by atoms with Crippen LogP contribution >= 0.6 is 0 Å². The summed E-state index contributed by atoms with van der Waals surface area (Å²) in [7, 11) is 0. The summed E-state index contributed by atoms with van der Waals surface area (Å²) < 4.78 is 23.1. The van der Waals surface area contributed by atoms with Crippen LogP contribution in [0.25, 0.3) is 0 Å². The van der Waals surface area contributed by atoms with Gasteiger partial charge in [0.25, 0.3) is 0 Å². The summed E-state index contributed by atoms with van der Waals surface area (Å²) in [6.45, 7) is 2.57. The van der Waals surface area contributed by atoms with E-state index in [1.54, 1.807) is 6.07 Å². The number of allylic oxidation sites excluding steroid dienone is 1. The summed E-state index contributed by atoms with van der Waals surface area (Å²) in [6, 6.07) is 7.45. The highest BCUT2D eigenvalue weighted by Gasteiger charge is 2.42. The van der Waals surface area contributed by atoms with E-state index >= 15 is 0 Å². The van der Waals surface area contributed by atoms with Crippen molar-refractivity contribution in [1.29, 1.82) is 0 Å². The molecule has 0 bridgehead atoms. The van der Waals surface area contributed by atoms with Crippen molar-refractivity contribution in [3.8, 4) is 28.7 Å². The van der Waals surface area contributed by atoms with Crippen LogP contribution in [0.2, 0.25) is 0 Å². The van der Waals surface area contributed by atoms with E-state index in [0.717, 1.165) is 33.8 Å². The molecule has 0 saturated heterocycles. The molecule has 6 heteroatoms. The highest BCUT2D eigenvalue weighted by Crippen LogP contribution is 2.54. The van der Waals surface area contributed by atoms with Gasteiger partial charge in [0.2, 0.25) is 6.79 Å². The number of aromatic hydroxyl groups is 1. The first-order chi connectivity index (χ1) is 13.1. The van der Waals surface area contributed by atoms with Crippen molar-refractivity contribution in [2.24, 2.45) is 0 Å². The lowest BCUT2D eigenvalue weighted by atomic mass is 9.88. The number of aliphatic hydroxyl groups is 1. The molecular weight excluding hydrogens is 348 g/mol. The summed E-state index contributed by atoms with van der Waals surface area (Å²) in [5.74, 6) is 3.12. The van der Waals surface area contributed by atoms with Crippen molar-refractivity contribution >= 4 is 0 Å². The monoisotopic (exact) mass is 368 g/mol. The van der Waals surface area contributed by atoms with Gasteiger partial charge in [-0.05, 0) is 31.0 Å². The van der Waals surface area contributed by atoms with Crippen LogP contribution in [-0.2, 0) is 6.42 Å². The molecule has 2 N–H and O–H groups in total. The molecule has 0 aromatic heterocycles. The van der Waals surface area contributed by atoms with Crippen LogP contribution in [-0.4, -0.2) is 30.2 Å². The molecule has 0 aliphatic carbocycles. The Morgan fingerprint density at radius 3 is 2.67 bits per heavy atom. The summed E-state index contributed by atoms with van der Waals surface area (Å²) in [6.07, 6.45) is 2.27. The highest BCUT2D eigenvalue weighted by molar-refractivity contribution is 5.58. The predicted molar refractivity (Wildman–Crippen MR) is 96.8 cm³/mol. The zero-order chi connectivity index (χ0) is 18.5. The molecule has 2 aromatic rings. The third-order valence-corrected chi connectivity index (χ3v) is 5.38. The van der Waals surface area contributed by atoms with E-state index in [2.05, 4.69) is 0 Å². The Kier molecular flexibility index (Phi) is 3.68. The Hall–Kier alpha value is -2.86. The largest absolute Gasteiger partial charge is 0.508 e. The van der Waals surface area contributed by atoms with Crippen LogP contribution in [0.4, 0.5) is 0 Å². The first kappa shape index (κ1) is 16.3. The van der Waals surface area contributed by atoms with Crippen LogP contribution in [0.15, 0.2) is 35.9 Å². The maximum absolute atomic E-state index is 10.3. The van der Waals surface area contributed by atoms with E-state index in [0.29, 0.717) is 24.5 Å². The fourth-order valence-corrected chi connectivity index (χ4v) is 3.84. The first-order valence-electron chi connectivity index (χ1n) is 8.99. The number of rotatable bonds is 3. The standard InChI is InChI=1S/C21H20O6/c1-11(8-22)2-3-12-4-14-17(6-16(12)23)24-9-15-13-5-19-20(26-10-25-19)7-18(13)27-21(14)15/h2,4-7,15,21-23H,3,8-10H2,1H3. The molecule has 2 aromatic carbocycles. The van der Waals surface area contributed by atoms with Crippen LogP contribution in [0.3, 0.4) is 0 Å². The Morgan fingerprint density at radius 2 is 1.85 bits per heavy atom. The number of ether oxygens (including phenoxy) is 4. The molecule has 2 atom stereocenters. The second-order valence-corrected chi connectivity index (χ2v) is 7.13. The lowest BCUT2D eigenvalue weighted by Gasteiger charge is -2.28. The third kappa shape index (κ3) is 2.59. The zero-order valence-electron chi connectivity index (χ0n) is 14.9. The van der Waals surface area contributed by atoms with E-state index < -0.39 is 0 Å². The average Bonchev–Trinajstić information content (AvgIpc) is 3.27. The molecule has 0 fully saturated rings. The van der Waals surface area contributed by atoms with Gasteiger partial charge in [-0.2, -0.15) is 0 Å². The SMILES string of the molecule is CC(=CCc1cc2c(cc1O)OCC1c3cc4c(cc3OC21)OCO4)CO. The molecule has 0 spiro atoms. The van der Waals surface area contributed by atoms with Gasteiger partial charge in [0, 0.05) is 23.3 Å². The third-order valence-electron chi connectivity index (χ3n) is 5.38. The minimum atomic E-state index is -0.173. The highest BCUT2D eigenvalue weighted by atomic mass is 16.7. The van der Waals surface area contributed by atoms with Crippen molar-refractivity contribution in [3.63, 3.8) is 0 Å². The van der Waals surface area contributed by atoms with Gasteiger partial charge < -0.3 is 29.2 Å². The van der Waals surface area contributed by atoms with Crippen LogP contribution in [0.1, 0.15) is 35.6 Å². The van der Waals surface area contributed by atoms with Crippen molar-refractivity contribution < 1.29 is 29.2 Å². The van der Waals surface area contributed by atoms with Crippen molar-refractivity contribution in [3.05, 3.63) is 52.6 Å². The van der Waals surface area contributed by atoms with Gasteiger partial charge in [-0.1, -0.05) is 11.6 Å². The van der Waals surface area contributed by atoms with E-state index in [-0.39, 0.29) is 31.2 Å². The molecule has 3 aliphatic rings. The molecule has 27 heavy (non-hydrogen) atoms. The van der Waals surface area contributed by atoms with Gasteiger partial charge >= 0.3 is 0 Å². The van der Waals surface area contributed by atoms with E-state index in [1.165, 1.54) is 0 Å². The van der Waals surface area contributed by atoms with Gasteiger partial charge in [0.1, 0.15) is 23.4 Å². The Morgan fingerprint density at radius 1 is 1.04 bits per heavy atom. The normalized spacial score (nSPS) is 21.8. The Bertz CT molecular complexity index is 948. The fourth-order valence-electron chi connectivity index (χ4n) is 3.84. The number of aliphatic hydroxyl groups excluding tert-OH is 1. The molecule has 3 heterocycles. The fraction of sp³-hybridized carbons (Fsp3) is 0.333. The maximum atomic E-state index is 10.3. The Balaban J connectivity index is 1.51. The summed E-state index contributed by atoms with van der Waals surface area (Å²) >= 11 is 0. The first-order valence-corrected chi connectivity index (χ1v) is 8.99. The summed E-state index contributed by atoms with van der Waals surface area (Å²) in [5, 5.41) is 19.5. The van der Waals surface area contributed by atoms with Crippen LogP contribution in [0.5, 0.6) is 28.7 Å². The van der Waals surface area contributed by atoms with Gasteiger partial charge in [-0.25, -0.2) is 0 Å². The quantitative estimate of drug-likeness (QED) is 0.810. The van der Waals surface area contributed by atoms with Crippen LogP contribution in [0, 0.1) is 0 Å². The molecule has 3 aliphatic heterocycles. The summed E-state index contributed by atoms with van der Waals surface area (Å²) in [4.78, 5) is 0. The van der Waals surface area contributed by atoms with E-state index in [1.807, 2.05) is 31.2 Å². The van der Waals surface area contributed by atoms with Crippen molar-refractivity contribution in [2.45, 2.75) is 25.4 Å². The number of fused-ring (bicyclic) bond motifs is 6. The average molecular weight is 368 g/mol. The van der Waals surface area contributed by atoms with Gasteiger partial charge in [-0.15, -0.1) is 0 Å². The molecule has 140 valence electrons. The van der Waals surface area contributed by atoms with Gasteiger partial charge in [0.15, 0.2) is 11.5 Å². The van der Waals surface area contributed by atoms with Crippen molar-refractivity contribution in [2.75, 3.05) is 20.0 Å². The number of hydrogen-bond acceptors (Lipinski definition) is 6. The van der Waals surface area contributed by atoms with Gasteiger partial charge in [-0.3, -0.25) is 0 Å². The number of phenolic OH excluding ortho intramolecular Hbond substituents is 1. The van der Waals surface area contributed by atoms with Crippen molar-refractivity contribution in [1.82, 2.24) is 0 Å². The maximum Gasteiger partial charge on any atom is 0.231 e. The molecule has 5 rings (SSSR count). The minimum absolute atomic E-state index is 0.00669. The minimum Gasteiger partial charge on any atom is -0.508 e. The van der Waals surface area contributed by atoms with Crippen LogP contribution < -0.4 is 18.9 Å². The molecule has 6 nitrogen and oxygen atoms in total. The number of hydrogen-bond donors (Lipinski definition) is 2. The summed E-state index contributed by atoms with van der Waals surface area (Å²) in [5.41, 5.74) is 3.62. The molecule has 0 saturated carbocycles. The second-order valence-electron chi connectivity index (χ2n) is 7.13. The topological polar surface area (TPSA) is 77.4 Å². The predicted octanol–water partition coefficient (Wildman–Crippen LogP) is 3.21. The second kappa shape index (κ2) is 6.09. The number of benzene rings is 2. The number of phenols is 1. The molecular formula is C21H20O6. The molecule has 2 unspecified atom stereocenters. The molecule has 0 radical (unpaired) electrons. The van der Waals surface area contributed by atoms with Gasteiger partial charge in [0.05, 0.1) is 19.1 Å². The van der Waals surface area contributed by atoms with E-state index in [9.17, 15) is 10.2 Å². The lowest BCUT2D eigenvalue weighted by molar-refractivity contribution is 0.138. The van der Waals surface area contributed by atoms with E-state index in [4.69, 9.17) is 18.9 Å². The zero-order valence-corrected chi connectivity index (χ0v) is 14.9. The smallest absolute Gasteiger partial charge is 0.231 e. The lowest BCUT2D eigenvalue weighted by Crippen LogP contribution is -2.23. The Labute approximate surface area is 156 Å².